The SMILES string of the molecule is O=C(Cn1ccc2ccccc2c1=O)Nc1cc(Cl)ccc1Oc1ccccc1. The summed E-state index contributed by atoms with van der Waals surface area (Å²) in [6.45, 7) is -0.124. The van der Waals surface area contributed by atoms with Crippen LogP contribution in [0.2, 0.25) is 5.02 Å². The second kappa shape index (κ2) is 8.20. The fraction of sp³-hybridized carbons (Fsp3) is 0.0435. The lowest BCUT2D eigenvalue weighted by Gasteiger charge is -2.13. The smallest absolute Gasteiger partial charge is 0.258 e. The third-order valence-corrected chi connectivity index (χ3v) is 4.62. The number of hydrogen-bond acceptors (Lipinski definition) is 3. The van der Waals surface area contributed by atoms with E-state index >= 15 is 0 Å². The van der Waals surface area contributed by atoms with Crippen molar-refractivity contribution < 1.29 is 9.53 Å². The molecule has 0 radical (unpaired) electrons. The van der Waals surface area contributed by atoms with E-state index < -0.39 is 0 Å². The zero-order valence-electron chi connectivity index (χ0n) is 15.3. The molecule has 4 rings (SSSR count). The second-order valence-corrected chi connectivity index (χ2v) is 6.88. The van der Waals surface area contributed by atoms with Crippen LogP contribution in [-0.2, 0) is 11.3 Å². The minimum absolute atomic E-state index is 0.124. The van der Waals surface area contributed by atoms with Crippen molar-refractivity contribution in [1.82, 2.24) is 4.57 Å². The topological polar surface area (TPSA) is 60.3 Å². The standard InChI is InChI=1S/C23H17ClN2O3/c24-17-10-11-21(29-18-7-2-1-3-8-18)20(14-17)25-22(27)15-26-13-12-16-6-4-5-9-19(16)23(26)28/h1-14H,15H2,(H,25,27). The third-order valence-electron chi connectivity index (χ3n) is 4.39. The second-order valence-electron chi connectivity index (χ2n) is 6.44. The maximum absolute atomic E-state index is 12.6. The lowest BCUT2D eigenvalue weighted by Crippen LogP contribution is -2.27. The highest BCUT2D eigenvalue weighted by Gasteiger charge is 2.12. The van der Waals surface area contributed by atoms with Gasteiger partial charge in [-0.25, -0.2) is 0 Å². The highest BCUT2D eigenvalue weighted by molar-refractivity contribution is 6.31. The van der Waals surface area contributed by atoms with Crippen molar-refractivity contribution >= 4 is 34.0 Å². The largest absolute Gasteiger partial charge is 0.455 e. The highest BCUT2D eigenvalue weighted by Crippen LogP contribution is 2.32. The van der Waals surface area contributed by atoms with Crippen LogP contribution in [0, 0.1) is 0 Å². The minimum Gasteiger partial charge on any atom is -0.455 e. The van der Waals surface area contributed by atoms with Crippen LogP contribution in [0.3, 0.4) is 0 Å². The Balaban J connectivity index is 1.56. The van der Waals surface area contributed by atoms with Gasteiger partial charge in [0, 0.05) is 16.6 Å². The number of fused-ring (bicyclic) bond motifs is 1. The summed E-state index contributed by atoms with van der Waals surface area (Å²) in [5.74, 6) is 0.735. The quantitative estimate of drug-likeness (QED) is 0.504. The molecule has 0 atom stereocenters. The Morgan fingerprint density at radius 2 is 1.72 bits per heavy atom. The Morgan fingerprint density at radius 3 is 2.55 bits per heavy atom. The number of pyridine rings is 1. The van der Waals surface area contributed by atoms with E-state index in [2.05, 4.69) is 5.32 Å². The number of benzene rings is 3. The third kappa shape index (κ3) is 4.31. The number of hydrogen-bond donors (Lipinski definition) is 1. The Kier molecular flexibility index (Phi) is 5.31. The summed E-state index contributed by atoms with van der Waals surface area (Å²) < 4.78 is 7.23. The summed E-state index contributed by atoms with van der Waals surface area (Å²) >= 11 is 6.09. The predicted octanol–water partition coefficient (Wildman–Crippen LogP) is 5.09. The van der Waals surface area contributed by atoms with Gasteiger partial charge in [0.1, 0.15) is 12.3 Å². The number of halogens is 1. The number of anilines is 1. The van der Waals surface area contributed by atoms with Gasteiger partial charge in [-0.1, -0.05) is 48.0 Å². The number of aromatic nitrogens is 1. The number of carbonyl (C=O) groups is 1. The number of nitrogens with zero attached hydrogens (tertiary/aromatic N) is 1. The van der Waals surface area contributed by atoms with E-state index in [9.17, 15) is 9.59 Å². The molecule has 0 saturated carbocycles. The van der Waals surface area contributed by atoms with Gasteiger partial charge in [-0.15, -0.1) is 0 Å². The van der Waals surface area contributed by atoms with Crippen molar-refractivity contribution in [1.29, 1.82) is 0 Å². The van der Waals surface area contributed by atoms with Gasteiger partial charge in [0.15, 0.2) is 5.75 Å². The molecule has 3 aromatic carbocycles. The molecule has 1 N–H and O–H groups in total. The summed E-state index contributed by atoms with van der Waals surface area (Å²) in [4.78, 5) is 25.2. The van der Waals surface area contributed by atoms with E-state index in [1.807, 2.05) is 48.5 Å². The summed E-state index contributed by atoms with van der Waals surface area (Å²) in [7, 11) is 0. The van der Waals surface area contributed by atoms with E-state index in [-0.39, 0.29) is 18.0 Å². The number of nitrogens with one attached hydrogen (secondary N) is 1. The zero-order chi connectivity index (χ0) is 20.2. The van der Waals surface area contributed by atoms with E-state index in [4.69, 9.17) is 16.3 Å². The van der Waals surface area contributed by atoms with Crippen LogP contribution < -0.4 is 15.6 Å². The summed E-state index contributed by atoms with van der Waals surface area (Å²) in [6.07, 6.45) is 1.61. The average molecular weight is 405 g/mol. The molecule has 0 saturated heterocycles. The van der Waals surface area contributed by atoms with Crippen LogP contribution in [0.4, 0.5) is 5.69 Å². The van der Waals surface area contributed by atoms with Gasteiger partial charge < -0.3 is 14.6 Å². The fourth-order valence-electron chi connectivity index (χ4n) is 3.00. The molecule has 5 nitrogen and oxygen atoms in total. The van der Waals surface area contributed by atoms with Gasteiger partial charge in [0.05, 0.1) is 5.69 Å². The zero-order valence-corrected chi connectivity index (χ0v) is 16.1. The molecule has 0 unspecified atom stereocenters. The van der Waals surface area contributed by atoms with Gasteiger partial charge >= 0.3 is 0 Å². The minimum atomic E-state index is -0.359. The summed E-state index contributed by atoms with van der Waals surface area (Å²) in [6, 6.07) is 23.3. The molecular formula is C23H17ClN2O3. The Bertz CT molecular complexity index is 1240. The van der Waals surface area contributed by atoms with Crippen LogP contribution in [0.15, 0.2) is 89.9 Å². The molecule has 0 bridgehead atoms. The maximum atomic E-state index is 12.6. The molecule has 0 aliphatic heterocycles. The lowest BCUT2D eigenvalue weighted by atomic mass is 10.2. The molecule has 144 valence electrons. The van der Waals surface area contributed by atoms with Crippen LogP contribution in [0.25, 0.3) is 10.8 Å². The normalized spacial score (nSPS) is 10.7. The van der Waals surface area contributed by atoms with Gasteiger partial charge in [0.25, 0.3) is 5.56 Å². The highest BCUT2D eigenvalue weighted by atomic mass is 35.5. The molecule has 0 aliphatic carbocycles. The molecule has 1 heterocycles. The number of amides is 1. The monoisotopic (exact) mass is 404 g/mol. The lowest BCUT2D eigenvalue weighted by molar-refractivity contribution is -0.116. The molecule has 0 spiro atoms. The molecule has 0 fully saturated rings. The first kappa shape index (κ1) is 18.8. The van der Waals surface area contributed by atoms with Gasteiger partial charge in [-0.2, -0.15) is 0 Å². The fourth-order valence-corrected chi connectivity index (χ4v) is 3.18. The van der Waals surface area contributed by atoms with Gasteiger partial charge in [0.2, 0.25) is 5.91 Å². The summed E-state index contributed by atoms with van der Waals surface area (Å²) in [5, 5.41) is 4.65. The number of rotatable bonds is 5. The number of para-hydroxylation sites is 1. The Labute approximate surface area is 172 Å². The number of carbonyl (C=O) groups excluding carboxylic acids is 1. The van der Waals surface area contributed by atoms with Crippen LogP contribution in [-0.4, -0.2) is 10.5 Å². The van der Waals surface area contributed by atoms with E-state index in [0.29, 0.717) is 27.6 Å². The Hall–Kier alpha value is -3.57. The number of ether oxygens (including phenoxy) is 1. The molecular weight excluding hydrogens is 388 g/mol. The van der Waals surface area contributed by atoms with Crippen molar-refractivity contribution in [2.24, 2.45) is 0 Å². The first-order valence-electron chi connectivity index (χ1n) is 9.01. The average Bonchev–Trinajstić information content (AvgIpc) is 2.73. The van der Waals surface area contributed by atoms with Crippen LogP contribution in [0.5, 0.6) is 11.5 Å². The van der Waals surface area contributed by atoms with Crippen LogP contribution in [0.1, 0.15) is 0 Å². The van der Waals surface area contributed by atoms with E-state index in [0.717, 1.165) is 5.39 Å². The van der Waals surface area contributed by atoms with E-state index in [1.54, 1.807) is 36.5 Å². The molecule has 1 amide bonds. The molecule has 29 heavy (non-hydrogen) atoms. The van der Waals surface area contributed by atoms with Crippen molar-refractivity contribution in [3.8, 4) is 11.5 Å². The van der Waals surface area contributed by atoms with Crippen molar-refractivity contribution in [3.05, 3.63) is 100 Å². The van der Waals surface area contributed by atoms with Crippen molar-refractivity contribution in [2.75, 3.05) is 5.32 Å². The van der Waals surface area contributed by atoms with Crippen molar-refractivity contribution in [2.45, 2.75) is 6.54 Å². The molecule has 6 heteroatoms. The summed E-state index contributed by atoms with van der Waals surface area (Å²) in [5.41, 5.74) is 0.213. The van der Waals surface area contributed by atoms with Gasteiger partial charge in [-0.3, -0.25) is 9.59 Å². The maximum Gasteiger partial charge on any atom is 0.258 e. The Morgan fingerprint density at radius 1 is 0.966 bits per heavy atom. The van der Waals surface area contributed by atoms with E-state index in [1.165, 1.54) is 4.57 Å². The van der Waals surface area contributed by atoms with Gasteiger partial charge in [-0.05, 0) is 47.9 Å². The molecule has 4 aromatic rings. The molecule has 0 aliphatic rings. The first-order valence-corrected chi connectivity index (χ1v) is 9.38. The van der Waals surface area contributed by atoms with Crippen molar-refractivity contribution in [3.63, 3.8) is 0 Å². The molecule has 1 aromatic heterocycles. The predicted molar refractivity (Wildman–Crippen MR) is 115 cm³/mol. The van der Waals surface area contributed by atoms with Crippen LogP contribution >= 0.6 is 11.6 Å². The first-order chi connectivity index (χ1) is 14.1.